The summed E-state index contributed by atoms with van der Waals surface area (Å²) in [6.45, 7) is 13.8. The number of hydrogen-bond donors (Lipinski definition) is 3. The summed E-state index contributed by atoms with van der Waals surface area (Å²) in [6.07, 6.45) is -1.20. The second-order valence-corrected chi connectivity index (χ2v) is 10.8. The highest BCUT2D eigenvalue weighted by Gasteiger charge is 2.37. The Labute approximate surface area is 213 Å². The average molecular weight is 502 g/mol. The molecule has 4 amide bonds. The number of nitrogens with two attached hydrogens (primary N) is 1. The van der Waals surface area contributed by atoms with E-state index in [0.29, 0.717) is 5.56 Å². The molecule has 1 rings (SSSR count). The second-order valence-electron chi connectivity index (χ2n) is 10.8. The van der Waals surface area contributed by atoms with E-state index in [2.05, 4.69) is 10.6 Å². The van der Waals surface area contributed by atoms with E-state index in [1.165, 1.54) is 0 Å². The topological polar surface area (TPSA) is 155 Å². The minimum Gasteiger partial charge on any atom is -0.444 e. The van der Waals surface area contributed by atoms with Crippen LogP contribution in [0.3, 0.4) is 0 Å². The van der Waals surface area contributed by atoms with Gasteiger partial charge in [-0.05, 0) is 78.5 Å². The van der Waals surface area contributed by atoms with Crippen molar-refractivity contribution in [1.29, 1.82) is 5.26 Å². The lowest BCUT2D eigenvalue weighted by Gasteiger charge is -2.34. The molecular weight excluding hydrogens is 462 g/mol. The van der Waals surface area contributed by atoms with E-state index >= 15 is 0 Å². The monoisotopic (exact) mass is 501 g/mol. The van der Waals surface area contributed by atoms with Crippen LogP contribution >= 0.6 is 0 Å². The van der Waals surface area contributed by atoms with E-state index in [4.69, 9.17) is 10.5 Å². The zero-order valence-electron chi connectivity index (χ0n) is 22.5. The lowest BCUT2D eigenvalue weighted by atomic mass is 9.97. The van der Waals surface area contributed by atoms with Gasteiger partial charge in [-0.1, -0.05) is 18.2 Å². The quantitative estimate of drug-likeness (QED) is 0.442. The largest absolute Gasteiger partial charge is 0.444 e. The highest BCUT2D eigenvalue weighted by Crippen LogP contribution is 2.26. The van der Waals surface area contributed by atoms with Gasteiger partial charge in [0.25, 0.3) is 0 Å². The van der Waals surface area contributed by atoms with Crippen LogP contribution in [0, 0.1) is 25.2 Å². The minimum absolute atomic E-state index is 0.129. The third-order valence-corrected chi connectivity index (χ3v) is 5.10. The summed E-state index contributed by atoms with van der Waals surface area (Å²) < 4.78 is 5.27. The first-order valence-electron chi connectivity index (χ1n) is 11.8. The van der Waals surface area contributed by atoms with Crippen molar-refractivity contribution in [1.82, 2.24) is 15.5 Å². The summed E-state index contributed by atoms with van der Waals surface area (Å²) in [5, 5.41) is 14.9. The van der Waals surface area contributed by atoms with E-state index in [1.807, 2.05) is 26.0 Å². The van der Waals surface area contributed by atoms with Crippen molar-refractivity contribution in [3.8, 4) is 6.07 Å². The van der Waals surface area contributed by atoms with E-state index in [-0.39, 0.29) is 12.8 Å². The SMILES string of the molecule is Cc1ccc(C(C(=O)NC(C)(C)C)N(CC#N)C(=O)C(CCC(N)=O)NC(=O)OC(C)(C)C)cc1C. The number of hydrogen-bond acceptors (Lipinski definition) is 6. The fourth-order valence-electron chi connectivity index (χ4n) is 3.41. The number of ether oxygens (including phenoxy) is 1. The zero-order chi connectivity index (χ0) is 27.8. The van der Waals surface area contributed by atoms with Crippen molar-refractivity contribution < 1.29 is 23.9 Å². The number of alkyl carbamates (subject to hydrolysis) is 1. The van der Waals surface area contributed by atoms with Crippen molar-refractivity contribution >= 4 is 23.8 Å². The van der Waals surface area contributed by atoms with Gasteiger partial charge in [0, 0.05) is 12.0 Å². The van der Waals surface area contributed by atoms with Crippen LogP contribution in [0.15, 0.2) is 18.2 Å². The maximum atomic E-state index is 13.8. The van der Waals surface area contributed by atoms with E-state index < -0.39 is 53.6 Å². The molecule has 0 aliphatic rings. The first-order chi connectivity index (χ1) is 16.4. The van der Waals surface area contributed by atoms with Crippen molar-refractivity contribution in [2.45, 2.75) is 91.5 Å². The summed E-state index contributed by atoms with van der Waals surface area (Å²) in [6, 6.07) is 4.88. The number of amides is 4. The number of nitriles is 1. The number of carbonyl (C=O) groups is 4. The molecule has 0 fully saturated rings. The average Bonchev–Trinajstić information content (AvgIpc) is 2.70. The van der Waals surface area contributed by atoms with Gasteiger partial charge in [-0.15, -0.1) is 0 Å². The predicted molar refractivity (Wildman–Crippen MR) is 135 cm³/mol. The molecule has 36 heavy (non-hydrogen) atoms. The number of nitrogens with one attached hydrogen (secondary N) is 2. The third kappa shape index (κ3) is 9.94. The molecular formula is C26H39N5O5. The molecule has 198 valence electrons. The molecule has 0 saturated heterocycles. The van der Waals surface area contributed by atoms with E-state index in [9.17, 15) is 24.4 Å². The minimum atomic E-state index is -1.25. The molecule has 1 aromatic rings. The van der Waals surface area contributed by atoms with Crippen LogP contribution in [0.2, 0.25) is 0 Å². The summed E-state index contributed by atoms with van der Waals surface area (Å²) in [5.74, 6) is -1.86. The van der Waals surface area contributed by atoms with Gasteiger partial charge in [0.05, 0.1) is 6.07 Å². The maximum Gasteiger partial charge on any atom is 0.408 e. The predicted octanol–water partition coefficient (Wildman–Crippen LogP) is 2.77. The normalized spacial score (nSPS) is 13.1. The smallest absolute Gasteiger partial charge is 0.408 e. The number of carbonyl (C=O) groups excluding carboxylic acids is 4. The Bertz CT molecular complexity index is 1020. The van der Waals surface area contributed by atoms with Crippen LogP contribution in [0.1, 0.15) is 77.1 Å². The first-order valence-corrected chi connectivity index (χ1v) is 11.8. The van der Waals surface area contributed by atoms with Crippen LogP contribution in [-0.2, 0) is 19.1 Å². The lowest BCUT2D eigenvalue weighted by Crippen LogP contribution is -2.54. The van der Waals surface area contributed by atoms with Gasteiger partial charge < -0.3 is 26.0 Å². The van der Waals surface area contributed by atoms with Gasteiger partial charge in [-0.3, -0.25) is 14.4 Å². The van der Waals surface area contributed by atoms with E-state index in [0.717, 1.165) is 16.0 Å². The Morgan fingerprint density at radius 3 is 2.17 bits per heavy atom. The van der Waals surface area contributed by atoms with Crippen molar-refractivity contribution in [2.24, 2.45) is 5.73 Å². The summed E-state index contributed by atoms with van der Waals surface area (Å²) >= 11 is 0. The second kappa shape index (κ2) is 12.4. The van der Waals surface area contributed by atoms with Gasteiger partial charge in [0.2, 0.25) is 17.7 Å². The Morgan fingerprint density at radius 2 is 1.69 bits per heavy atom. The van der Waals surface area contributed by atoms with Gasteiger partial charge in [0.1, 0.15) is 24.2 Å². The van der Waals surface area contributed by atoms with Crippen molar-refractivity contribution in [3.63, 3.8) is 0 Å². The van der Waals surface area contributed by atoms with E-state index in [1.54, 1.807) is 53.7 Å². The number of benzene rings is 1. The molecule has 0 aromatic heterocycles. The third-order valence-electron chi connectivity index (χ3n) is 5.10. The highest BCUT2D eigenvalue weighted by atomic mass is 16.6. The fraction of sp³-hybridized carbons (Fsp3) is 0.577. The molecule has 10 heteroatoms. The molecule has 2 unspecified atom stereocenters. The summed E-state index contributed by atoms with van der Waals surface area (Å²) in [7, 11) is 0. The zero-order valence-corrected chi connectivity index (χ0v) is 22.5. The number of primary amides is 1. The Kier molecular flexibility index (Phi) is 10.5. The number of nitrogens with zero attached hydrogens (tertiary/aromatic N) is 2. The first kappa shape index (κ1) is 30.4. The molecule has 0 heterocycles. The van der Waals surface area contributed by atoms with Crippen LogP contribution in [-0.4, -0.2) is 52.4 Å². The summed E-state index contributed by atoms with van der Waals surface area (Å²) in [5.41, 5.74) is 6.25. The van der Waals surface area contributed by atoms with Gasteiger partial charge >= 0.3 is 6.09 Å². The molecule has 0 radical (unpaired) electrons. The Hall–Kier alpha value is -3.61. The molecule has 0 spiro atoms. The molecule has 4 N–H and O–H groups in total. The molecule has 2 atom stereocenters. The van der Waals surface area contributed by atoms with Gasteiger partial charge in [-0.25, -0.2) is 4.79 Å². The fourth-order valence-corrected chi connectivity index (χ4v) is 3.41. The molecule has 1 aromatic carbocycles. The van der Waals surface area contributed by atoms with Gasteiger partial charge in [0.15, 0.2) is 0 Å². The van der Waals surface area contributed by atoms with Crippen molar-refractivity contribution in [3.05, 3.63) is 34.9 Å². The van der Waals surface area contributed by atoms with Crippen LogP contribution in [0.4, 0.5) is 4.79 Å². The van der Waals surface area contributed by atoms with Crippen LogP contribution in [0.5, 0.6) is 0 Å². The van der Waals surface area contributed by atoms with Crippen molar-refractivity contribution in [2.75, 3.05) is 6.54 Å². The Balaban J connectivity index is 3.54. The highest BCUT2D eigenvalue weighted by molar-refractivity contribution is 5.93. The lowest BCUT2D eigenvalue weighted by molar-refractivity contribution is -0.142. The van der Waals surface area contributed by atoms with Crippen LogP contribution < -0.4 is 16.4 Å². The Morgan fingerprint density at radius 1 is 1.08 bits per heavy atom. The molecule has 0 aliphatic carbocycles. The maximum absolute atomic E-state index is 13.8. The molecule has 10 nitrogen and oxygen atoms in total. The van der Waals surface area contributed by atoms with Crippen LogP contribution in [0.25, 0.3) is 0 Å². The number of aryl methyl sites for hydroxylation is 2. The molecule has 0 saturated carbocycles. The molecule has 0 bridgehead atoms. The van der Waals surface area contributed by atoms with Gasteiger partial charge in [-0.2, -0.15) is 5.26 Å². The summed E-state index contributed by atoms with van der Waals surface area (Å²) in [4.78, 5) is 52.3. The number of rotatable bonds is 9. The molecule has 0 aliphatic heterocycles. The standard InChI is InChI=1S/C26H39N5O5/c1-16-9-10-18(15-17(16)2)21(22(33)30-25(3,4)5)31(14-13-27)23(34)19(11-12-20(28)32)29-24(35)36-26(6,7)8/h9-10,15,19,21H,11-12,14H2,1-8H3,(H2,28,32)(H,29,35)(H,30,33).